The molecule has 0 amide bonds. The Hall–Kier alpha value is 4.57. The standard InChI is InChI=1S/C6H12O6.Ca.Fe.K.Mg.Zn.5H/c7-1-2(8)4(10)6(12)5(11)3(1)9;;;;;;;;;;/h1-12H;;;;;;;;;;/t1-,2-,3-,4+,5-,6-;;;;;;;;;;. The molecule has 0 aromatic heterocycles. The first kappa shape index (κ1) is 33.2. The van der Waals surface area contributed by atoms with E-state index in [-0.39, 0.29) is 149 Å². The topological polar surface area (TPSA) is 121 Å². The fourth-order valence-electron chi connectivity index (χ4n) is 1.21. The van der Waals surface area contributed by atoms with Crippen LogP contribution in [0.25, 0.3) is 0 Å². The van der Waals surface area contributed by atoms with Gasteiger partial charge in [0.05, 0.1) is 0 Å². The molecular weight excluding hydrogens is 393 g/mol. The third kappa shape index (κ3) is 8.69. The van der Waals surface area contributed by atoms with Gasteiger partial charge >= 0.3 is 112 Å². The molecule has 0 unspecified atom stereocenters. The van der Waals surface area contributed by atoms with E-state index < -0.39 is 36.6 Å². The maximum absolute atomic E-state index is 8.97. The smallest absolute Gasteiger partial charge is 0 e. The Bertz CT molecular complexity index is 130. The molecule has 6 N–H and O–H groups in total. The molecule has 92 valence electrons. The van der Waals surface area contributed by atoms with E-state index in [4.69, 9.17) is 30.6 Å². The second kappa shape index (κ2) is 15.5. The SMILES string of the molecule is O[C@H]1[C@H](O)[C@@H](O)[C@H](O)[C@@H](O)[C@H]1O.[CaH2].[Fe].[KH].[MgH2].[Zn]. The Kier molecular flexibility index (Phi) is 30.2. The van der Waals surface area contributed by atoms with Crippen molar-refractivity contribution in [3.63, 3.8) is 0 Å². The van der Waals surface area contributed by atoms with Gasteiger partial charge in [0.2, 0.25) is 0 Å². The van der Waals surface area contributed by atoms with E-state index in [0.29, 0.717) is 0 Å². The monoisotopic (exact) mass is 408 g/mol. The van der Waals surface area contributed by atoms with Crippen molar-refractivity contribution < 1.29 is 67.2 Å². The molecule has 0 spiro atoms. The zero-order valence-electron chi connectivity index (χ0n) is 7.21. The summed E-state index contributed by atoms with van der Waals surface area (Å²) >= 11 is 0. The van der Waals surface area contributed by atoms with Crippen molar-refractivity contribution in [1.82, 2.24) is 0 Å². The Morgan fingerprint density at radius 3 is 0.647 bits per heavy atom. The van der Waals surface area contributed by atoms with E-state index in [0.717, 1.165) is 0 Å². The Morgan fingerprint density at radius 2 is 0.588 bits per heavy atom. The molecule has 0 aromatic rings. The van der Waals surface area contributed by atoms with Gasteiger partial charge in [-0.2, -0.15) is 0 Å². The normalized spacial score (nSPS) is 39.2. The van der Waals surface area contributed by atoms with E-state index >= 15 is 0 Å². The summed E-state index contributed by atoms with van der Waals surface area (Å²) in [6.45, 7) is 0. The minimum atomic E-state index is -1.64. The van der Waals surface area contributed by atoms with Crippen LogP contribution in [-0.2, 0) is 36.5 Å². The Morgan fingerprint density at radius 1 is 0.529 bits per heavy atom. The zero-order chi connectivity index (χ0) is 9.46. The fraction of sp³-hybridized carbons (Fsp3) is 1.00. The van der Waals surface area contributed by atoms with Gasteiger partial charge in [-0.3, -0.25) is 0 Å². The molecule has 0 heterocycles. The second-order valence-electron chi connectivity index (χ2n) is 2.94. The average molecular weight is 410 g/mol. The van der Waals surface area contributed by atoms with E-state index in [1.54, 1.807) is 0 Å². The summed E-state index contributed by atoms with van der Waals surface area (Å²) in [6.07, 6.45) is -9.84. The first-order chi connectivity index (χ1) is 5.46. The second-order valence-corrected chi connectivity index (χ2v) is 2.94. The van der Waals surface area contributed by atoms with Crippen molar-refractivity contribution >= 4 is 112 Å². The molecule has 0 aromatic carbocycles. The molecule has 1 aliphatic carbocycles. The van der Waals surface area contributed by atoms with E-state index in [2.05, 4.69) is 0 Å². The van der Waals surface area contributed by atoms with Gasteiger partial charge in [-0.25, -0.2) is 0 Å². The van der Waals surface area contributed by atoms with Crippen LogP contribution in [0.4, 0.5) is 0 Å². The van der Waals surface area contributed by atoms with Gasteiger partial charge in [0.15, 0.2) is 0 Å². The summed E-state index contributed by atoms with van der Waals surface area (Å²) in [4.78, 5) is 0. The van der Waals surface area contributed by atoms with Gasteiger partial charge in [-0.15, -0.1) is 0 Å². The fourth-order valence-corrected chi connectivity index (χ4v) is 1.21. The molecule has 0 radical (unpaired) electrons. The number of rotatable bonds is 0. The van der Waals surface area contributed by atoms with Crippen molar-refractivity contribution in [2.45, 2.75) is 36.6 Å². The van der Waals surface area contributed by atoms with Gasteiger partial charge in [0.25, 0.3) is 0 Å². The molecule has 1 rings (SSSR count). The summed E-state index contributed by atoms with van der Waals surface area (Å²) in [5, 5.41) is 53.8. The molecule has 0 saturated heterocycles. The van der Waals surface area contributed by atoms with Crippen LogP contribution in [0.5, 0.6) is 0 Å². The van der Waals surface area contributed by atoms with Crippen molar-refractivity contribution in [2.24, 2.45) is 0 Å². The van der Waals surface area contributed by atoms with Crippen molar-refractivity contribution in [3.8, 4) is 0 Å². The molecule has 0 atom stereocenters. The number of hydrogen-bond donors (Lipinski definition) is 6. The maximum Gasteiger partial charge on any atom is 0.316 e. The molecule has 1 saturated carbocycles. The third-order valence-corrected chi connectivity index (χ3v) is 2.10. The number of hydrogen-bond acceptors (Lipinski definition) is 6. The minimum Gasteiger partial charge on any atom is 0 e. The summed E-state index contributed by atoms with van der Waals surface area (Å²) in [5.74, 6) is 0. The van der Waals surface area contributed by atoms with E-state index in [1.165, 1.54) is 0 Å². The van der Waals surface area contributed by atoms with Gasteiger partial charge in [0, 0.05) is 36.5 Å². The van der Waals surface area contributed by atoms with Crippen molar-refractivity contribution in [2.75, 3.05) is 0 Å². The largest absolute Gasteiger partial charge is 0.316 e. The van der Waals surface area contributed by atoms with Crippen LogP contribution in [0.1, 0.15) is 0 Å². The number of aliphatic hydroxyl groups excluding tert-OH is 6. The third-order valence-electron chi connectivity index (χ3n) is 2.10. The average Bonchev–Trinajstić information content (AvgIpc) is 2.08. The molecule has 11 heteroatoms. The van der Waals surface area contributed by atoms with Crippen LogP contribution in [0.3, 0.4) is 0 Å². The molecule has 1 aliphatic rings. The molecule has 0 bridgehead atoms. The van der Waals surface area contributed by atoms with E-state index in [1.807, 2.05) is 0 Å². The Balaban J connectivity index is -0.0000000960. The molecule has 17 heavy (non-hydrogen) atoms. The first-order valence-corrected chi connectivity index (χ1v) is 3.55. The molecule has 6 nitrogen and oxygen atoms in total. The summed E-state index contributed by atoms with van der Waals surface area (Å²) < 4.78 is 0. The molecule has 1 fully saturated rings. The summed E-state index contributed by atoms with van der Waals surface area (Å²) in [7, 11) is 0. The van der Waals surface area contributed by atoms with Gasteiger partial charge in [0.1, 0.15) is 36.6 Å². The van der Waals surface area contributed by atoms with Crippen molar-refractivity contribution in [3.05, 3.63) is 0 Å². The van der Waals surface area contributed by atoms with Crippen LogP contribution < -0.4 is 0 Å². The van der Waals surface area contributed by atoms with Crippen molar-refractivity contribution in [1.29, 1.82) is 0 Å². The molecular formula is C6H17CaFeKMgO6Zn. The maximum atomic E-state index is 8.97. The first-order valence-electron chi connectivity index (χ1n) is 3.55. The van der Waals surface area contributed by atoms with Crippen LogP contribution >= 0.6 is 0 Å². The van der Waals surface area contributed by atoms with Crippen LogP contribution in [0.15, 0.2) is 0 Å². The van der Waals surface area contributed by atoms with Crippen LogP contribution in [-0.4, -0.2) is 179 Å². The number of aliphatic hydroxyl groups is 6. The minimum absolute atomic E-state index is 0. The molecule has 0 aliphatic heterocycles. The summed E-state index contributed by atoms with van der Waals surface area (Å²) in [6, 6.07) is 0. The predicted octanol–water partition coefficient (Wildman–Crippen LogP) is -6.32. The van der Waals surface area contributed by atoms with E-state index in [9.17, 15) is 0 Å². The predicted molar refractivity (Wildman–Crippen MR) is 60.3 cm³/mol. The van der Waals surface area contributed by atoms with Gasteiger partial charge in [-0.1, -0.05) is 0 Å². The van der Waals surface area contributed by atoms with Crippen LogP contribution in [0, 0.1) is 0 Å². The van der Waals surface area contributed by atoms with Gasteiger partial charge < -0.3 is 30.6 Å². The summed E-state index contributed by atoms with van der Waals surface area (Å²) in [5.41, 5.74) is 0. The zero-order valence-corrected chi connectivity index (χ0v) is 11.3. The van der Waals surface area contributed by atoms with Gasteiger partial charge in [-0.05, 0) is 0 Å². The quantitative estimate of drug-likeness (QED) is 0.221. The van der Waals surface area contributed by atoms with Crippen LogP contribution in [0.2, 0.25) is 0 Å². The Labute approximate surface area is 211 Å².